The van der Waals surface area contributed by atoms with Crippen molar-refractivity contribution in [1.82, 2.24) is 10.3 Å². The molecule has 0 fully saturated rings. The highest BCUT2D eigenvalue weighted by Crippen LogP contribution is 2.24. The van der Waals surface area contributed by atoms with Crippen molar-refractivity contribution in [2.75, 3.05) is 6.61 Å². The lowest BCUT2D eigenvalue weighted by Gasteiger charge is -2.08. The fourth-order valence-electron chi connectivity index (χ4n) is 1.91. The van der Waals surface area contributed by atoms with Crippen molar-refractivity contribution < 1.29 is 14.5 Å². The molecule has 0 saturated heterocycles. The number of nitrogens with zero attached hydrogens (tertiary/aromatic N) is 2. The second-order valence-electron chi connectivity index (χ2n) is 4.53. The van der Waals surface area contributed by atoms with Crippen LogP contribution in [0.3, 0.4) is 0 Å². The van der Waals surface area contributed by atoms with E-state index < -0.39 is 10.8 Å². The molecule has 2 aromatic rings. The van der Waals surface area contributed by atoms with Crippen molar-refractivity contribution in [2.24, 2.45) is 0 Å². The van der Waals surface area contributed by atoms with E-state index in [0.717, 1.165) is 0 Å². The van der Waals surface area contributed by atoms with Crippen LogP contribution in [0, 0.1) is 10.1 Å². The number of carbonyl (C=O) groups is 1. The number of nitrogens with one attached hydrogen (secondary N) is 1. The van der Waals surface area contributed by atoms with Crippen molar-refractivity contribution in [1.29, 1.82) is 0 Å². The van der Waals surface area contributed by atoms with Crippen molar-refractivity contribution in [3.8, 4) is 5.75 Å². The second-order valence-corrected chi connectivity index (χ2v) is 4.92. The zero-order valence-corrected chi connectivity index (χ0v) is 13.0. The molecular weight excluding hydrogens is 322 g/mol. The Balaban J connectivity index is 2.11. The summed E-state index contributed by atoms with van der Waals surface area (Å²) in [7, 11) is 0. The van der Waals surface area contributed by atoms with Crippen molar-refractivity contribution >= 4 is 23.2 Å². The molecule has 0 aliphatic rings. The van der Waals surface area contributed by atoms with Crippen molar-refractivity contribution in [3.63, 3.8) is 0 Å². The van der Waals surface area contributed by atoms with Gasteiger partial charge in [-0.2, -0.15) is 0 Å². The largest absolute Gasteiger partial charge is 0.494 e. The molecule has 1 aromatic carbocycles. The van der Waals surface area contributed by atoms with Crippen LogP contribution in [0.2, 0.25) is 5.15 Å². The van der Waals surface area contributed by atoms with Gasteiger partial charge in [-0.05, 0) is 31.2 Å². The number of hydrogen-bond acceptors (Lipinski definition) is 5. The molecule has 0 atom stereocenters. The first-order valence-electron chi connectivity index (χ1n) is 6.81. The zero-order chi connectivity index (χ0) is 16.8. The highest BCUT2D eigenvalue weighted by Gasteiger charge is 2.16. The van der Waals surface area contributed by atoms with Gasteiger partial charge in [0.05, 0.1) is 23.2 Å². The predicted octanol–water partition coefficient (Wildman–Crippen LogP) is 2.97. The molecule has 1 N–H and O–H groups in total. The van der Waals surface area contributed by atoms with Gasteiger partial charge in [0.25, 0.3) is 11.6 Å². The molecular formula is C15H14ClN3O4. The van der Waals surface area contributed by atoms with Gasteiger partial charge < -0.3 is 10.1 Å². The highest BCUT2D eigenvalue weighted by molar-refractivity contribution is 6.29. The first-order valence-corrected chi connectivity index (χ1v) is 7.19. The number of pyridine rings is 1. The maximum Gasteiger partial charge on any atom is 0.278 e. The van der Waals surface area contributed by atoms with Crippen LogP contribution in [0.1, 0.15) is 22.8 Å². The third-order valence-electron chi connectivity index (χ3n) is 2.99. The van der Waals surface area contributed by atoms with E-state index in [4.69, 9.17) is 16.3 Å². The molecule has 23 heavy (non-hydrogen) atoms. The number of amides is 1. The highest BCUT2D eigenvalue weighted by atomic mass is 35.5. The quantitative estimate of drug-likeness (QED) is 0.497. The number of hydrogen-bond donors (Lipinski definition) is 1. The topological polar surface area (TPSA) is 94.4 Å². The predicted molar refractivity (Wildman–Crippen MR) is 84.7 cm³/mol. The van der Waals surface area contributed by atoms with Crippen LogP contribution in [0.15, 0.2) is 36.5 Å². The second kappa shape index (κ2) is 7.55. The summed E-state index contributed by atoms with van der Waals surface area (Å²) in [5.41, 5.74) is 0.599. The smallest absolute Gasteiger partial charge is 0.278 e. The Kier molecular flexibility index (Phi) is 5.48. The summed E-state index contributed by atoms with van der Waals surface area (Å²) in [6.45, 7) is 2.22. The SMILES string of the molecule is CCOc1ccc(CNC(=O)c2ccc(Cl)nc2)c([N+](=O)[O-])c1. The molecule has 7 nitrogen and oxygen atoms in total. The Hall–Kier alpha value is -2.67. The number of ether oxygens (including phenoxy) is 1. The lowest BCUT2D eigenvalue weighted by Crippen LogP contribution is -2.23. The van der Waals surface area contributed by atoms with E-state index in [1.54, 1.807) is 19.1 Å². The van der Waals surface area contributed by atoms with Crippen molar-refractivity contribution in [2.45, 2.75) is 13.5 Å². The molecule has 8 heteroatoms. The minimum Gasteiger partial charge on any atom is -0.494 e. The summed E-state index contributed by atoms with van der Waals surface area (Å²) in [5.74, 6) is 0.0218. The van der Waals surface area contributed by atoms with Crippen LogP contribution >= 0.6 is 11.6 Å². The summed E-state index contributed by atoms with van der Waals surface area (Å²) in [5, 5.41) is 14.0. The molecule has 0 unspecified atom stereocenters. The summed E-state index contributed by atoms with van der Waals surface area (Å²) in [6.07, 6.45) is 1.34. The minimum atomic E-state index is -0.506. The van der Waals surface area contributed by atoms with Crippen LogP contribution in [0.25, 0.3) is 0 Å². The first-order chi connectivity index (χ1) is 11.0. The standard InChI is InChI=1S/C15H14ClN3O4/c1-2-23-12-5-3-10(13(7-12)19(21)22)8-18-15(20)11-4-6-14(16)17-9-11/h3-7,9H,2,8H2,1H3,(H,18,20). The summed E-state index contributed by atoms with van der Waals surface area (Å²) in [4.78, 5) is 26.4. The third kappa shape index (κ3) is 4.40. The van der Waals surface area contributed by atoms with E-state index in [1.165, 1.54) is 24.4 Å². The number of nitro benzene ring substituents is 1. The number of benzene rings is 1. The minimum absolute atomic E-state index is 0.0180. The van der Waals surface area contributed by atoms with Gasteiger partial charge in [0.2, 0.25) is 0 Å². The molecule has 0 saturated carbocycles. The van der Waals surface area contributed by atoms with E-state index in [1.807, 2.05) is 0 Å². The van der Waals surface area contributed by atoms with Crippen LogP contribution in [-0.4, -0.2) is 22.4 Å². The normalized spacial score (nSPS) is 10.2. The number of rotatable bonds is 6. The molecule has 0 radical (unpaired) electrons. The van der Waals surface area contributed by atoms with Gasteiger partial charge in [-0.3, -0.25) is 14.9 Å². The van der Waals surface area contributed by atoms with E-state index in [0.29, 0.717) is 23.5 Å². The van der Waals surface area contributed by atoms with E-state index in [2.05, 4.69) is 10.3 Å². The summed E-state index contributed by atoms with van der Waals surface area (Å²) < 4.78 is 5.25. The molecule has 0 spiro atoms. The van der Waals surface area contributed by atoms with Crippen LogP contribution in [-0.2, 0) is 6.54 Å². The Morgan fingerprint density at radius 2 is 2.17 bits per heavy atom. The maximum absolute atomic E-state index is 12.0. The van der Waals surface area contributed by atoms with E-state index in [9.17, 15) is 14.9 Å². The number of nitro groups is 1. The summed E-state index contributed by atoms with van der Waals surface area (Å²) in [6, 6.07) is 7.55. The molecule has 0 aliphatic carbocycles. The van der Waals surface area contributed by atoms with Gasteiger partial charge in [0.1, 0.15) is 10.9 Å². The molecule has 2 rings (SSSR count). The van der Waals surface area contributed by atoms with Gasteiger partial charge in [-0.25, -0.2) is 4.98 Å². The zero-order valence-electron chi connectivity index (χ0n) is 12.3. The van der Waals surface area contributed by atoms with E-state index >= 15 is 0 Å². The average molecular weight is 336 g/mol. The Labute approximate surface area is 137 Å². The van der Waals surface area contributed by atoms with Crippen LogP contribution < -0.4 is 10.1 Å². The molecule has 0 aliphatic heterocycles. The van der Waals surface area contributed by atoms with Crippen LogP contribution in [0.4, 0.5) is 5.69 Å². The van der Waals surface area contributed by atoms with Gasteiger partial charge in [-0.1, -0.05) is 11.6 Å². The molecule has 1 aromatic heterocycles. The first kappa shape index (κ1) is 16.7. The molecule has 120 valence electrons. The lowest BCUT2D eigenvalue weighted by molar-refractivity contribution is -0.385. The van der Waals surface area contributed by atoms with Gasteiger partial charge in [-0.15, -0.1) is 0 Å². The Morgan fingerprint density at radius 3 is 2.78 bits per heavy atom. The number of aromatic nitrogens is 1. The molecule has 0 bridgehead atoms. The van der Waals surface area contributed by atoms with Gasteiger partial charge in [0.15, 0.2) is 0 Å². The Morgan fingerprint density at radius 1 is 1.39 bits per heavy atom. The van der Waals surface area contributed by atoms with E-state index in [-0.39, 0.29) is 17.4 Å². The van der Waals surface area contributed by atoms with Gasteiger partial charge >= 0.3 is 0 Å². The van der Waals surface area contributed by atoms with Crippen LogP contribution in [0.5, 0.6) is 5.75 Å². The lowest BCUT2D eigenvalue weighted by atomic mass is 10.1. The molecule has 1 heterocycles. The Bertz CT molecular complexity index is 719. The number of carbonyl (C=O) groups excluding carboxylic acids is 1. The molecule has 1 amide bonds. The number of halogens is 1. The fourth-order valence-corrected chi connectivity index (χ4v) is 2.02. The maximum atomic E-state index is 12.0. The van der Waals surface area contributed by atoms with Crippen molar-refractivity contribution in [3.05, 3.63) is 62.9 Å². The third-order valence-corrected chi connectivity index (χ3v) is 3.22. The average Bonchev–Trinajstić information content (AvgIpc) is 2.54. The van der Waals surface area contributed by atoms with Gasteiger partial charge in [0, 0.05) is 18.3 Å². The summed E-state index contributed by atoms with van der Waals surface area (Å²) >= 11 is 5.66. The fraction of sp³-hybridized carbons (Fsp3) is 0.200. The monoisotopic (exact) mass is 335 g/mol.